The number of fused-ring (bicyclic) bond motifs is 1. The molecule has 2 aliphatic heterocycles. The average Bonchev–Trinajstić information content (AvgIpc) is 3.38. The van der Waals surface area contributed by atoms with Crippen LogP contribution in [-0.2, 0) is 4.79 Å². The van der Waals surface area contributed by atoms with Crippen molar-refractivity contribution in [2.45, 2.75) is 33.0 Å². The smallest absolute Gasteiger partial charge is 0.318 e. The molecule has 3 aromatic rings. The van der Waals surface area contributed by atoms with Crippen LogP contribution in [0.5, 0.6) is 0 Å². The van der Waals surface area contributed by atoms with Gasteiger partial charge in [0.05, 0.1) is 27.1 Å². The first-order valence-corrected chi connectivity index (χ1v) is 13.6. The lowest BCUT2D eigenvalue weighted by Crippen LogP contribution is -2.71. The summed E-state index contributed by atoms with van der Waals surface area (Å²) in [5, 5.41) is 19.4. The summed E-state index contributed by atoms with van der Waals surface area (Å²) < 4.78 is 15.9. The van der Waals surface area contributed by atoms with Crippen LogP contribution in [0, 0.1) is 24.1 Å². The van der Waals surface area contributed by atoms with E-state index in [0.29, 0.717) is 41.8 Å². The SMILES string of the molecule is CCNC(=O)NC1(C2CNCCC2(C)C(=O)O)N=CC=CN1c1cc(-c2ncc(C)cc2F)c2scnc2c1. The predicted molar refractivity (Wildman–Crippen MR) is 149 cm³/mol. The third-order valence-electron chi connectivity index (χ3n) is 7.44. The number of aryl methyl sites for hydroxylation is 1. The number of piperidine rings is 1. The van der Waals surface area contributed by atoms with Crippen LogP contribution in [0.4, 0.5) is 14.9 Å². The number of aliphatic carboxylic acids is 1. The molecule has 1 aromatic carbocycles. The number of amides is 2. The number of benzene rings is 1. The Morgan fingerprint density at radius 1 is 1.31 bits per heavy atom. The maximum Gasteiger partial charge on any atom is 0.318 e. The lowest BCUT2D eigenvalue weighted by atomic mass is 9.68. The van der Waals surface area contributed by atoms with Crippen molar-refractivity contribution in [3.05, 3.63) is 53.6 Å². The van der Waals surface area contributed by atoms with E-state index in [2.05, 4.69) is 25.9 Å². The molecule has 5 rings (SSSR count). The van der Waals surface area contributed by atoms with Gasteiger partial charge in [-0.1, -0.05) is 0 Å². The number of nitrogens with one attached hydrogen (secondary N) is 3. The molecule has 204 valence electrons. The van der Waals surface area contributed by atoms with E-state index >= 15 is 4.39 Å². The van der Waals surface area contributed by atoms with Gasteiger partial charge in [0.25, 0.3) is 0 Å². The predicted octanol–water partition coefficient (Wildman–Crippen LogP) is 3.88. The molecule has 2 aromatic heterocycles. The highest BCUT2D eigenvalue weighted by Gasteiger charge is 2.57. The van der Waals surface area contributed by atoms with Crippen molar-refractivity contribution in [1.29, 1.82) is 0 Å². The summed E-state index contributed by atoms with van der Waals surface area (Å²) in [6, 6.07) is 4.55. The zero-order valence-corrected chi connectivity index (χ0v) is 22.7. The highest BCUT2D eigenvalue weighted by molar-refractivity contribution is 7.17. The molecule has 1 fully saturated rings. The van der Waals surface area contributed by atoms with Gasteiger partial charge in [-0.05, 0) is 63.6 Å². The van der Waals surface area contributed by atoms with Crippen LogP contribution in [-0.4, -0.2) is 58.7 Å². The van der Waals surface area contributed by atoms with Gasteiger partial charge in [-0.3, -0.25) is 15.1 Å². The van der Waals surface area contributed by atoms with Crippen LogP contribution >= 0.6 is 11.3 Å². The molecular weight excluding hydrogens is 521 g/mol. The number of hydrogen-bond acceptors (Lipinski definition) is 8. The summed E-state index contributed by atoms with van der Waals surface area (Å²) in [6.07, 6.45) is 6.96. The van der Waals surface area contributed by atoms with Crippen LogP contribution in [0.1, 0.15) is 25.8 Å². The Morgan fingerprint density at radius 3 is 2.87 bits per heavy atom. The molecule has 0 radical (unpaired) electrons. The number of rotatable bonds is 6. The minimum absolute atomic E-state index is 0.179. The number of carbonyl (C=O) groups excluding carboxylic acids is 1. The normalized spacial score (nSPS) is 24.6. The second-order valence-electron chi connectivity index (χ2n) is 9.97. The minimum atomic E-state index is -1.52. The Labute approximate surface area is 229 Å². The third-order valence-corrected chi connectivity index (χ3v) is 8.31. The van der Waals surface area contributed by atoms with Gasteiger partial charge in [-0.2, -0.15) is 0 Å². The molecule has 2 aliphatic rings. The van der Waals surface area contributed by atoms with Crippen molar-refractivity contribution in [3.63, 3.8) is 0 Å². The number of anilines is 1. The second-order valence-corrected chi connectivity index (χ2v) is 10.8. The Kier molecular flexibility index (Phi) is 7.08. The number of carboxylic acid groups (broad SMARTS) is 1. The Hall–Kier alpha value is -3.90. The number of thiazole rings is 1. The lowest BCUT2D eigenvalue weighted by molar-refractivity contribution is -0.155. The van der Waals surface area contributed by atoms with Gasteiger partial charge in [-0.15, -0.1) is 11.3 Å². The van der Waals surface area contributed by atoms with Crippen LogP contribution in [0.3, 0.4) is 0 Å². The monoisotopic (exact) mass is 551 g/mol. The molecule has 0 saturated carbocycles. The maximum atomic E-state index is 15.2. The van der Waals surface area contributed by atoms with E-state index in [-0.39, 0.29) is 12.2 Å². The van der Waals surface area contributed by atoms with E-state index < -0.39 is 34.9 Å². The van der Waals surface area contributed by atoms with Gasteiger partial charge in [0.1, 0.15) is 11.5 Å². The van der Waals surface area contributed by atoms with Crippen molar-refractivity contribution in [3.8, 4) is 11.3 Å². The molecule has 2 amide bonds. The quantitative estimate of drug-likeness (QED) is 0.366. The fourth-order valence-electron chi connectivity index (χ4n) is 5.39. The average molecular weight is 552 g/mol. The Bertz CT molecular complexity index is 1490. The van der Waals surface area contributed by atoms with Crippen molar-refractivity contribution in [1.82, 2.24) is 25.9 Å². The van der Waals surface area contributed by atoms with Crippen molar-refractivity contribution in [2.75, 3.05) is 24.5 Å². The molecule has 3 atom stereocenters. The lowest BCUT2D eigenvalue weighted by Gasteiger charge is -2.52. The zero-order chi connectivity index (χ0) is 27.8. The highest BCUT2D eigenvalue weighted by Crippen LogP contribution is 2.46. The second kappa shape index (κ2) is 10.3. The maximum absolute atomic E-state index is 15.2. The number of pyridine rings is 1. The van der Waals surface area contributed by atoms with E-state index in [1.165, 1.54) is 17.4 Å². The molecule has 1 saturated heterocycles. The standard InChI is InChI=1S/C27H30FN7O3S/c1-4-30-25(38)34-27(21-14-29-8-6-26(21,3)24(36)37)33-7-5-9-35(27)17-11-18(23-20(12-17)32-15-39-23)22-19(28)10-16(2)13-31-22/h5,7,9-13,15,21,29H,4,6,8,14H2,1-3H3,(H,36,37)(H2,30,34,38). The van der Waals surface area contributed by atoms with E-state index in [1.54, 1.807) is 61.9 Å². The van der Waals surface area contributed by atoms with Gasteiger partial charge in [0.15, 0.2) is 0 Å². The number of aliphatic imine (C=N–C) groups is 1. The van der Waals surface area contributed by atoms with Gasteiger partial charge in [0.2, 0.25) is 5.79 Å². The number of urea groups is 1. The summed E-state index contributed by atoms with van der Waals surface area (Å²) >= 11 is 1.37. The summed E-state index contributed by atoms with van der Waals surface area (Å²) in [5.74, 6) is -3.65. The van der Waals surface area contributed by atoms with E-state index in [4.69, 9.17) is 4.99 Å². The van der Waals surface area contributed by atoms with Crippen LogP contribution in [0.25, 0.3) is 21.5 Å². The van der Waals surface area contributed by atoms with Crippen molar-refractivity contribution < 1.29 is 19.1 Å². The molecule has 0 bridgehead atoms. The molecule has 4 heterocycles. The summed E-state index contributed by atoms with van der Waals surface area (Å²) in [5.41, 5.74) is 3.05. The van der Waals surface area contributed by atoms with E-state index in [9.17, 15) is 14.7 Å². The number of allylic oxidation sites excluding steroid dienone is 1. The van der Waals surface area contributed by atoms with Gasteiger partial charge in [-0.25, -0.2) is 19.2 Å². The number of hydrogen-bond donors (Lipinski definition) is 4. The molecule has 12 heteroatoms. The summed E-state index contributed by atoms with van der Waals surface area (Å²) in [6.45, 7) is 6.43. The first-order valence-electron chi connectivity index (χ1n) is 12.7. The zero-order valence-electron chi connectivity index (χ0n) is 21.9. The topological polar surface area (TPSA) is 132 Å². The number of aromatic nitrogens is 2. The minimum Gasteiger partial charge on any atom is -0.481 e. The number of carbonyl (C=O) groups is 2. The fourth-order valence-corrected chi connectivity index (χ4v) is 6.17. The Balaban J connectivity index is 1.73. The Morgan fingerprint density at radius 2 is 2.13 bits per heavy atom. The first kappa shape index (κ1) is 26.7. The van der Waals surface area contributed by atoms with E-state index in [0.717, 1.165) is 4.70 Å². The first-order chi connectivity index (χ1) is 18.7. The number of nitrogens with zero attached hydrogens (tertiary/aromatic N) is 4. The van der Waals surface area contributed by atoms with Crippen molar-refractivity contribution in [2.24, 2.45) is 16.3 Å². The molecule has 4 N–H and O–H groups in total. The van der Waals surface area contributed by atoms with Gasteiger partial charge >= 0.3 is 12.0 Å². The molecule has 0 spiro atoms. The molecule has 0 aliphatic carbocycles. The number of halogens is 1. The van der Waals surface area contributed by atoms with Gasteiger partial charge in [0, 0.05) is 43.0 Å². The third kappa shape index (κ3) is 4.63. The molecule has 39 heavy (non-hydrogen) atoms. The van der Waals surface area contributed by atoms with Crippen molar-refractivity contribution >= 4 is 45.5 Å². The number of carboxylic acids is 1. The van der Waals surface area contributed by atoms with Crippen LogP contribution in [0.2, 0.25) is 0 Å². The largest absolute Gasteiger partial charge is 0.481 e. The van der Waals surface area contributed by atoms with Crippen LogP contribution in [0.15, 0.2) is 47.2 Å². The molecule has 10 nitrogen and oxygen atoms in total. The summed E-state index contributed by atoms with van der Waals surface area (Å²) in [7, 11) is 0. The fraction of sp³-hybridized carbons (Fsp3) is 0.370. The molecule has 3 unspecified atom stereocenters. The van der Waals surface area contributed by atoms with E-state index in [1.807, 2.05) is 6.07 Å². The molecular formula is C27H30FN7O3S. The highest BCUT2D eigenvalue weighted by atomic mass is 32.1. The summed E-state index contributed by atoms with van der Waals surface area (Å²) in [4.78, 5) is 41.1. The van der Waals surface area contributed by atoms with Gasteiger partial charge < -0.3 is 20.6 Å². The van der Waals surface area contributed by atoms with Crippen LogP contribution < -0.4 is 20.9 Å².